The lowest BCUT2D eigenvalue weighted by Gasteiger charge is -2.26. The molecule has 0 fully saturated rings. The molecule has 0 rings (SSSR count). The topological polar surface area (TPSA) is 73.4 Å². The van der Waals surface area contributed by atoms with Gasteiger partial charge in [0.15, 0.2) is 0 Å². The maximum Gasteiger partial charge on any atom is 0.319 e. The zero-order valence-corrected chi connectivity index (χ0v) is 9.21. The Labute approximate surface area is 85.4 Å². The lowest BCUT2D eigenvalue weighted by molar-refractivity contribution is 0.168. The number of amides is 2. The number of nitrogens with zero attached hydrogens (tertiary/aromatic N) is 2. The van der Waals surface area contributed by atoms with Crippen LogP contribution in [0.1, 0.15) is 20.3 Å². The van der Waals surface area contributed by atoms with Crippen molar-refractivity contribution in [3.05, 3.63) is 0 Å². The Morgan fingerprint density at radius 1 is 1.36 bits per heavy atom. The van der Waals surface area contributed by atoms with Crippen molar-refractivity contribution in [3.8, 4) is 0 Å². The van der Waals surface area contributed by atoms with Crippen LogP contribution in [0.15, 0.2) is 0 Å². The number of amidine groups is 1. The summed E-state index contributed by atoms with van der Waals surface area (Å²) in [5.74, 6) is 0.121. The second-order valence-corrected chi connectivity index (χ2v) is 3.15. The first kappa shape index (κ1) is 12.7. The van der Waals surface area contributed by atoms with Crippen LogP contribution in [0, 0.1) is 5.41 Å². The second kappa shape index (κ2) is 6.23. The zero-order chi connectivity index (χ0) is 11.1. The molecule has 0 aromatic rings. The molecule has 0 bridgehead atoms. The lowest BCUT2D eigenvalue weighted by atomic mass is 10.3. The highest BCUT2D eigenvalue weighted by molar-refractivity contribution is 5.78. The van der Waals surface area contributed by atoms with Gasteiger partial charge < -0.3 is 15.5 Å². The molecular formula is C9H20N4O. The molecule has 5 nitrogen and oxygen atoms in total. The number of carbonyl (C=O) groups excluding carboxylic acids is 1. The lowest BCUT2D eigenvalue weighted by Crippen LogP contribution is -2.42. The third kappa shape index (κ3) is 4.11. The number of nitrogens with one attached hydrogen (secondary N) is 1. The predicted molar refractivity (Wildman–Crippen MR) is 57.5 cm³/mol. The Morgan fingerprint density at radius 3 is 2.29 bits per heavy atom. The summed E-state index contributed by atoms with van der Waals surface area (Å²) < 4.78 is 0. The summed E-state index contributed by atoms with van der Waals surface area (Å²) in [5.41, 5.74) is 5.24. The van der Waals surface area contributed by atoms with Crippen LogP contribution in [0.2, 0.25) is 0 Å². The molecule has 0 spiro atoms. The van der Waals surface area contributed by atoms with Gasteiger partial charge in [-0.3, -0.25) is 5.41 Å². The Hall–Kier alpha value is -1.26. The fraction of sp³-hybridized carbons (Fsp3) is 0.778. The molecule has 5 heteroatoms. The minimum Gasteiger partial charge on any atom is -0.388 e. The summed E-state index contributed by atoms with van der Waals surface area (Å²) in [7, 11) is 1.76. The van der Waals surface area contributed by atoms with E-state index >= 15 is 0 Å². The number of hydrogen-bond acceptors (Lipinski definition) is 2. The van der Waals surface area contributed by atoms with Crippen molar-refractivity contribution in [2.24, 2.45) is 5.73 Å². The van der Waals surface area contributed by atoms with Gasteiger partial charge in [-0.2, -0.15) is 0 Å². The first-order chi connectivity index (χ1) is 6.52. The Morgan fingerprint density at radius 2 is 1.93 bits per heavy atom. The molecule has 0 unspecified atom stereocenters. The molecule has 0 aliphatic rings. The van der Waals surface area contributed by atoms with Gasteiger partial charge in [-0.15, -0.1) is 0 Å². The number of urea groups is 1. The van der Waals surface area contributed by atoms with Gasteiger partial charge in [-0.25, -0.2) is 4.79 Å². The van der Waals surface area contributed by atoms with Crippen molar-refractivity contribution in [1.82, 2.24) is 9.80 Å². The Balaban J connectivity index is 4.12. The molecular weight excluding hydrogens is 180 g/mol. The maximum atomic E-state index is 11.7. The number of carbonyl (C=O) groups is 1. The molecule has 0 saturated heterocycles. The monoisotopic (exact) mass is 200 g/mol. The fourth-order valence-corrected chi connectivity index (χ4v) is 1.02. The number of rotatable bonds is 5. The van der Waals surface area contributed by atoms with E-state index in [0.717, 1.165) is 0 Å². The first-order valence-corrected chi connectivity index (χ1v) is 4.85. The van der Waals surface area contributed by atoms with Crippen LogP contribution in [-0.2, 0) is 0 Å². The fourth-order valence-electron chi connectivity index (χ4n) is 1.02. The maximum absolute atomic E-state index is 11.7. The van der Waals surface area contributed by atoms with Crippen molar-refractivity contribution in [2.45, 2.75) is 20.3 Å². The largest absolute Gasteiger partial charge is 0.388 e. The molecule has 82 valence electrons. The smallest absolute Gasteiger partial charge is 0.319 e. The summed E-state index contributed by atoms with van der Waals surface area (Å²) in [6.45, 7) is 5.71. The summed E-state index contributed by atoms with van der Waals surface area (Å²) in [6, 6.07) is -0.00347. The molecule has 0 aromatic carbocycles. The number of nitrogens with two attached hydrogens (primary N) is 1. The van der Waals surface area contributed by atoms with Crippen molar-refractivity contribution in [1.29, 1.82) is 5.41 Å². The molecule has 0 saturated carbocycles. The van der Waals surface area contributed by atoms with Gasteiger partial charge in [-0.05, 0) is 13.8 Å². The molecule has 0 aromatic heterocycles. The van der Waals surface area contributed by atoms with Crippen LogP contribution >= 0.6 is 0 Å². The van der Waals surface area contributed by atoms with Gasteiger partial charge in [0.2, 0.25) is 0 Å². The van der Waals surface area contributed by atoms with E-state index in [1.54, 1.807) is 16.8 Å². The summed E-state index contributed by atoms with van der Waals surface area (Å²) in [6.07, 6.45) is 0.442. The molecule has 14 heavy (non-hydrogen) atoms. The highest BCUT2D eigenvalue weighted by Crippen LogP contribution is 1.97. The zero-order valence-electron chi connectivity index (χ0n) is 9.21. The molecule has 3 N–H and O–H groups in total. The number of hydrogen-bond donors (Lipinski definition) is 2. The summed E-state index contributed by atoms with van der Waals surface area (Å²) >= 11 is 0. The van der Waals surface area contributed by atoms with E-state index in [9.17, 15) is 4.79 Å². The van der Waals surface area contributed by atoms with E-state index in [2.05, 4.69) is 0 Å². The Bertz CT molecular complexity index is 205. The van der Waals surface area contributed by atoms with Crippen LogP contribution in [-0.4, -0.2) is 48.3 Å². The van der Waals surface area contributed by atoms with E-state index in [0.29, 0.717) is 26.1 Å². The molecule has 0 heterocycles. The average Bonchev–Trinajstić information content (AvgIpc) is 2.16. The van der Waals surface area contributed by atoms with Gasteiger partial charge in [0, 0.05) is 33.1 Å². The highest BCUT2D eigenvalue weighted by Gasteiger charge is 2.14. The normalized spacial score (nSPS) is 9.64. The molecule has 0 aliphatic carbocycles. The van der Waals surface area contributed by atoms with Crippen molar-refractivity contribution in [3.63, 3.8) is 0 Å². The van der Waals surface area contributed by atoms with Crippen LogP contribution in [0.4, 0.5) is 4.79 Å². The van der Waals surface area contributed by atoms with Gasteiger partial charge in [-0.1, -0.05) is 0 Å². The third-order valence-electron chi connectivity index (χ3n) is 2.10. The van der Waals surface area contributed by atoms with Gasteiger partial charge >= 0.3 is 6.03 Å². The summed E-state index contributed by atoms with van der Waals surface area (Å²) in [4.78, 5) is 15.0. The van der Waals surface area contributed by atoms with E-state index in [4.69, 9.17) is 11.1 Å². The predicted octanol–water partition coefficient (Wildman–Crippen LogP) is 0.706. The van der Waals surface area contributed by atoms with Gasteiger partial charge in [0.1, 0.15) is 0 Å². The molecule has 0 atom stereocenters. The van der Waals surface area contributed by atoms with Crippen LogP contribution in [0.5, 0.6) is 0 Å². The van der Waals surface area contributed by atoms with Crippen LogP contribution < -0.4 is 5.73 Å². The summed E-state index contributed by atoms with van der Waals surface area (Å²) in [5, 5.41) is 7.08. The van der Waals surface area contributed by atoms with Crippen molar-refractivity contribution in [2.75, 3.05) is 26.7 Å². The Kier molecular flexibility index (Phi) is 5.67. The van der Waals surface area contributed by atoms with E-state index in [-0.39, 0.29) is 11.9 Å². The van der Waals surface area contributed by atoms with Gasteiger partial charge in [0.05, 0.1) is 5.84 Å². The van der Waals surface area contributed by atoms with Crippen molar-refractivity contribution < 1.29 is 4.79 Å². The minimum absolute atomic E-state index is 0.00347. The quantitative estimate of drug-likeness (QED) is 0.506. The van der Waals surface area contributed by atoms with E-state index < -0.39 is 0 Å². The van der Waals surface area contributed by atoms with Crippen LogP contribution in [0.25, 0.3) is 0 Å². The van der Waals surface area contributed by atoms with Gasteiger partial charge in [0.25, 0.3) is 0 Å². The first-order valence-electron chi connectivity index (χ1n) is 4.85. The third-order valence-corrected chi connectivity index (χ3v) is 2.10. The van der Waals surface area contributed by atoms with Crippen molar-refractivity contribution >= 4 is 11.9 Å². The van der Waals surface area contributed by atoms with E-state index in [1.807, 2.05) is 13.8 Å². The minimum atomic E-state index is -0.00347. The molecule has 0 radical (unpaired) electrons. The van der Waals surface area contributed by atoms with E-state index in [1.165, 1.54) is 0 Å². The standard InChI is InChI=1S/C9H20N4O/c1-4-12(3)9(14)13(5-2)7-6-8(10)11/h4-7H2,1-3H3,(H3,10,11). The SMILES string of the molecule is CCN(C)C(=O)N(CC)CCC(=N)N. The second-order valence-electron chi connectivity index (χ2n) is 3.15. The average molecular weight is 200 g/mol. The molecule has 2 amide bonds. The highest BCUT2D eigenvalue weighted by atomic mass is 16.2. The van der Waals surface area contributed by atoms with Crippen LogP contribution in [0.3, 0.4) is 0 Å². The molecule has 0 aliphatic heterocycles.